The molecule has 5 nitrogen and oxygen atoms in total. The Balaban J connectivity index is 1.64. The molecular weight excluding hydrogens is 278 g/mol. The lowest BCUT2D eigenvalue weighted by Gasteiger charge is -2.18. The first-order chi connectivity index (χ1) is 10.8. The molecule has 1 aliphatic heterocycles. The highest BCUT2D eigenvalue weighted by molar-refractivity contribution is 6.02. The maximum absolute atomic E-state index is 12.0. The van der Waals surface area contributed by atoms with Gasteiger partial charge in [-0.25, -0.2) is 0 Å². The van der Waals surface area contributed by atoms with Crippen molar-refractivity contribution in [1.29, 1.82) is 0 Å². The molecule has 5 heteroatoms. The maximum atomic E-state index is 12.0. The molecule has 114 valence electrons. The molecule has 1 aliphatic rings. The van der Waals surface area contributed by atoms with Gasteiger partial charge in [0.25, 0.3) is 5.91 Å². The Morgan fingerprint density at radius 1 is 1.27 bits per heavy atom. The lowest BCUT2D eigenvalue weighted by molar-refractivity contribution is 0.102. The second-order valence-corrected chi connectivity index (χ2v) is 5.31. The third-order valence-electron chi connectivity index (χ3n) is 3.87. The lowest BCUT2D eigenvalue weighted by atomic mass is 10.2. The number of benzene rings is 1. The Morgan fingerprint density at radius 2 is 2.09 bits per heavy atom. The number of nitrogens with one attached hydrogen (secondary N) is 1. The molecular formula is C17H19N3O2. The molecule has 0 aliphatic carbocycles. The van der Waals surface area contributed by atoms with E-state index in [4.69, 9.17) is 4.74 Å². The summed E-state index contributed by atoms with van der Waals surface area (Å²) < 4.78 is 5.38. The molecule has 0 saturated carbocycles. The van der Waals surface area contributed by atoms with Crippen LogP contribution in [0.2, 0.25) is 0 Å². The van der Waals surface area contributed by atoms with Gasteiger partial charge in [-0.15, -0.1) is 0 Å². The van der Waals surface area contributed by atoms with Gasteiger partial charge in [-0.2, -0.15) is 0 Å². The summed E-state index contributed by atoms with van der Waals surface area (Å²) in [6.45, 7) is 1.91. The zero-order chi connectivity index (χ0) is 15.4. The molecule has 1 aromatic carbocycles. The van der Waals surface area contributed by atoms with Crippen molar-refractivity contribution < 1.29 is 9.53 Å². The van der Waals surface area contributed by atoms with Crippen LogP contribution < -0.4 is 10.2 Å². The minimum Gasteiger partial charge on any atom is -0.380 e. The van der Waals surface area contributed by atoms with E-state index in [1.54, 1.807) is 31.5 Å². The molecule has 2 heterocycles. The van der Waals surface area contributed by atoms with Crippen molar-refractivity contribution >= 4 is 17.3 Å². The number of aromatic nitrogens is 1. The molecule has 0 radical (unpaired) electrons. The summed E-state index contributed by atoms with van der Waals surface area (Å²) in [4.78, 5) is 18.4. The third kappa shape index (κ3) is 3.26. The van der Waals surface area contributed by atoms with Crippen molar-refractivity contribution in [3.63, 3.8) is 0 Å². The summed E-state index contributed by atoms with van der Waals surface area (Å²) >= 11 is 0. The van der Waals surface area contributed by atoms with Crippen LogP contribution in [-0.4, -0.2) is 37.2 Å². The van der Waals surface area contributed by atoms with Gasteiger partial charge >= 0.3 is 0 Å². The summed E-state index contributed by atoms with van der Waals surface area (Å²) in [6, 6.07) is 13.1. The van der Waals surface area contributed by atoms with Crippen LogP contribution in [0.1, 0.15) is 16.9 Å². The molecule has 1 N–H and O–H groups in total. The number of hydrogen-bond acceptors (Lipinski definition) is 4. The first-order valence-corrected chi connectivity index (χ1v) is 7.36. The summed E-state index contributed by atoms with van der Waals surface area (Å²) in [6.07, 6.45) is 2.97. The predicted molar refractivity (Wildman–Crippen MR) is 86.3 cm³/mol. The summed E-state index contributed by atoms with van der Waals surface area (Å²) in [5.41, 5.74) is 2.33. The Morgan fingerprint density at radius 3 is 2.73 bits per heavy atom. The third-order valence-corrected chi connectivity index (χ3v) is 3.87. The minimum absolute atomic E-state index is 0.200. The first kappa shape index (κ1) is 14.5. The van der Waals surface area contributed by atoms with Gasteiger partial charge in [-0.1, -0.05) is 6.07 Å². The van der Waals surface area contributed by atoms with E-state index >= 15 is 0 Å². The fourth-order valence-electron chi connectivity index (χ4n) is 2.60. The van der Waals surface area contributed by atoms with Gasteiger partial charge in [0.15, 0.2) is 0 Å². The number of methoxy groups -OCH3 is 1. The second kappa shape index (κ2) is 6.58. The maximum Gasteiger partial charge on any atom is 0.274 e. The van der Waals surface area contributed by atoms with E-state index in [1.807, 2.05) is 24.3 Å². The average Bonchev–Trinajstić information content (AvgIpc) is 3.05. The first-order valence-electron chi connectivity index (χ1n) is 7.36. The molecule has 1 atom stereocenters. The van der Waals surface area contributed by atoms with Gasteiger partial charge in [0, 0.05) is 37.8 Å². The topological polar surface area (TPSA) is 54.5 Å². The monoisotopic (exact) mass is 297 g/mol. The van der Waals surface area contributed by atoms with E-state index in [0.717, 1.165) is 30.9 Å². The molecule has 2 aromatic rings. The highest BCUT2D eigenvalue weighted by Gasteiger charge is 2.22. The molecule has 22 heavy (non-hydrogen) atoms. The van der Waals surface area contributed by atoms with Crippen LogP contribution in [0.25, 0.3) is 0 Å². The fraction of sp³-hybridized carbons (Fsp3) is 0.294. The van der Waals surface area contributed by atoms with Gasteiger partial charge in [0.2, 0.25) is 0 Å². The number of carbonyl (C=O) groups excluding carboxylic acids is 1. The van der Waals surface area contributed by atoms with Crippen LogP contribution in [0.4, 0.5) is 11.4 Å². The molecule has 3 rings (SSSR count). The Hall–Kier alpha value is -2.40. The fourth-order valence-corrected chi connectivity index (χ4v) is 2.60. The predicted octanol–water partition coefficient (Wildman–Crippen LogP) is 2.56. The van der Waals surface area contributed by atoms with Crippen molar-refractivity contribution in [3.05, 3.63) is 54.4 Å². The zero-order valence-electron chi connectivity index (χ0n) is 12.5. The highest BCUT2D eigenvalue weighted by atomic mass is 16.5. The van der Waals surface area contributed by atoms with Crippen LogP contribution >= 0.6 is 0 Å². The van der Waals surface area contributed by atoms with E-state index in [0.29, 0.717) is 11.8 Å². The SMILES string of the molecule is CO[C@@H]1CCN(c2ccc(NC(=O)c3ccccn3)cc2)C1. The molecule has 0 spiro atoms. The van der Waals surface area contributed by atoms with Gasteiger partial charge in [-0.05, 0) is 42.8 Å². The van der Waals surface area contributed by atoms with Crippen LogP contribution in [-0.2, 0) is 4.74 Å². The second-order valence-electron chi connectivity index (χ2n) is 5.31. The van der Waals surface area contributed by atoms with E-state index in [1.165, 1.54) is 0 Å². The Labute approximate surface area is 129 Å². The summed E-state index contributed by atoms with van der Waals surface area (Å²) in [7, 11) is 1.75. The van der Waals surface area contributed by atoms with Gasteiger partial charge in [-0.3, -0.25) is 9.78 Å². The number of amides is 1. The number of hydrogen-bond donors (Lipinski definition) is 1. The van der Waals surface area contributed by atoms with Crippen molar-refractivity contribution in [1.82, 2.24) is 4.98 Å². The van der Waals surface area contributed by atoms with Gasteiger partial charge in [0.05, 0.1) is 6.10 Å². The van der Waals surface area contributed by atoms with Crippen LogP contribution in [0.5, 0.6) is 0 Å². The van der Waals surface area contributed by atoms with Crippen LogP contribution in [0.15, 0.2) is 48.7 Å². The van der Waals surface area contributed by atoms with Gasteiger partial charge < -0.3 is 15.0 Å². The number of carbonyl (C=O) groups is 1. The van der Waals surface area contributed by atoms with E-state index in [-0.39, 0.29) is 5.91 Å². The summed E-state index contributed by atoms with van der Waals surface area (Å²) in [5, 5.41) is 2.85. The quantitative estimate of drug-likeness (QED) is 0.942. The Kier molecular flexibility index (Phi) is 4.34. The number of ether oxygens (including phenoxy) is 1. The minimum atomic E-state index is -0.200. The lowest BCUT2D eigenvalue weighted by Crippen LogP contribution is -2.22. The summed E-state index contributed by atoms with van der Waals surface area (Å²) in [5.74, 6) is -0.200. The molecule has 1 amide bonds. The van der Waals surface area contributed by atoms with Crippen LogP contribution in [0, 0.1) is 0 Å². The zero-order valence-corrected chi connectivity index (χ0v) is 12.5. The van der Waals surface area contributed by atoms with Crippen molar-refractivity contribution in [2.45, 2.75) is 12.5 Å². The van der Waals surface area contributed by atoms with E-state index in [2.05, 4.69) is 15.2 Å². The van der Waals surface area contributed by atoms with Crippen molar-refractivity contribution in [3.8, 4) is 0 Å². The van der Waals surface area contributed by atoms with Crippen molar-refractivity contribution in [2.24, 2.45) is 0 Å². The smallest absolute Gasteiger partial charge is 0.274 e. The number of nitrogens with zero attached hydrogens (tertiary/aromatic N) is 2. The largest absolute Gasteiger partial charge is 0.380 e. The molecule has 0 bridgehead atoms. The van der Waals surface area contributed by atoms with Crippen molar-refractivity contribution in [2.75, 3.05) is 30.4 Å². The molecule has 1 saturated heterocycles. The average molecular weight is 297 g/mol. The van der Waals surface area contributed by atoms with Crippen LogP contribution in [0.3, 0.4) is 0 Å². The molecule has 1 aromatic heterocycles. The number of anilines is 2. The van der Waals surface area contributed by atoms with E-state index < -0.39 is 0 Å². The highest BCUT2D eigenvalue weighted by Crippen LogP contribution is 2.23. The number of pyridine rings is 1. The molecule has 0 unspecified atom stereocenters. The number of rotatable bonds is 4. The molecule has 1 fully saturated rings. The Bertz CT molecular complexity index is 628. The van der Waals surface area contributed by atoms with E-state index in [9.17, 15) is 4.79 Å². The van der Waals surface area contributed by atoms with Gasteiger partial charge in [0.1, 0.15) is 5.69 Å². The standard InChI is InChI=1S/C17H19N3O2/c1-22-15-9-11-20(12-15)14-7-5-13(6-8-14)19-17(21)16-4-2-3-10-18-16/h2-8,10,15H,9,11-12H2,1H3,(H,19,21)/t15-/m1/s1. The normalized spacial score (nSPS) is 17.5.